The van der Waals surface area contributed by atoms with Crippen LogP contribution in [0.15, 0.2) is 35.4 Å². The molecule has 114 valence electrons. The highest BCUT2D eigenvalue weighted by atomic mass is 35.5. The molecule has 0 atom stereocenters. The van der Waals surface area contributed by atoms with E-state index in [4.69, 9.17) is 0 Å². The highest BCUT2D eigenvalue weighted by Gasteiger charge is 2.21. The van der Waals surface area contributed by atoms with Gasteiger partial charge >= 0.3 is 0 Å². The lowest BCUT2D eigenvalue weighted by molar-refractivity contribution is 0.599. The van der Waals surface area contributed by atoms with Crippen molar-refractivity contribution >= 4 is 28.2 Å². The first-order valence-electron chi connectivity index (χ1n) is 6.33. The van der Waals surface area contributed by atoms with Gasteiger partial charge in [-0.05, 0) is 50.5 Å². The van der Waals surface area contributed by atoms with Crippen LogP contribution in [0.4, 0.5) is 5.82 Å². The summed E-state index contributed by atoms with van der Waals surface area (Å²) in [6, 6.07) is 7.33. The minimum absolute atomic E-state index is 0. The lowest BCUT2D eigenvalue weighted by atomic mass is 10.1. The van der Waals surface area contributed by atoms with Gasteiger partial charge < -0.3 is 0 Å². The van der Waals surface area contributed by atoms with Crippen LogP contribution in [0.5, 0.6) is 0 Å². The summed E-state index contributed by atoms with van der Waals surface area (Å²) in [4.78, 5) is 4.40. The third kappa shape index (κ3) is 3.74. The summed E-state index contributed by atoms with van der Waals surface area (Å²) in [7, 11) is -3.63. The quantitative estimate of drug-likeness (QED) is 0.938. The highest BCUT2D eigenvalue weighted by molar-refractivity contribution is 7.92. The van der Waals surface area contributed by atoms with E-state index < -0.39 is 10.0 Å². The number of nitrogens with zero attached hydrogens (tertiary/aromatic N) is 1. The maximum atomic E-state index is 12.6. The number of anilines is 1. The highest BCUT2D eigenvalue weighted by Crippen LogP contribution is 2.24. The fourth-order valence-corrected chi connectivity index (χ4v) is 3.90. The molecule has 0 amide bonds. The van der Waals surface area contributed by atoms with Crippen LogP contribution in [0.3, 0.4) is 0 Å². The van der Waals surface area contributed by atoms with Crippen LogP contribution in [0.25, 0.3) is 0 Å². The van der Waals surface area contributed by atoms with E-state index in [9.17, 15) is 8.42 Å². The maximum Gasteiger partial charge on any atom is 0.263 e. The van der Waals surface area contributed by atoms with E-state index in [-0.39, 0.29) is 12.4 Å². The molecule has 2 aromatic rings. The number of hydrogen-bond donors (Lipinski definition) is 1. The second kappa shape index (κ2) is 6.45. The van der Waals surface area contributed by atoms with E-state index in [1.54, 1.807) is 26.1 Å². The smallest absolute Gasteiger partial charge is 0.263 e. The van der Waals surface area contributed by atoms with Gasteiger partial charge in [-0.25, -0.2) is 13.4 Å². The molecular weight excluding hydrogens is 308 g/mol. The van der Waals surface area contributed by atoms with Crippen LogP contribution in [0, 0.1) is 27.7 Å². The van der Waals surface area contributed by atoms with E-state index >= 15 is 0 Å². The summed E-state index contributed by atoms with van der Waals surface area (Å²) in [6.45, 7) is 7.38. The minimum Gasteiger partial charge on any atom is -0.263 e. The normalized spacial score (nSPS) is 10.9. The Labute approximate surface area is 132 Å². The molecular formula is C15H19ClN2O2S. The maximum absolute atomic E-state index is 12.6. The van der Waals surface area contributed by atoms with Crippen molar-refractivity contribution < 1.29 is 8.42 Å². The standard InChI is InChI=1S/C15H18N2O2S.ClH/c1-10-8-12(3)14(13(4)9-10)20(18,19)17-15-11(2)6-5-7-16-15;/h5-9H,1-4H3,(H,16,17);1H. The van der Waals surface area contributed by atoms with Crippen molar-refractivity contribution in [1.82, 2.24) is 4.98 Å². The second-order valence-corrected chi connectivity index (χ2v) is 6.62. The van der Waals surface area contributed by atoms with Crippen molar-refractivity contribution in [2.75, 3.05) is 4.72 Å². The summed E-state index contributed by atoms with van der Waals surface area (Å²) < 4.78 is 27.7. The first kappa shape index (κ1) is 17.5. The van der Waals surface area contributed by atoms with Gasteiger partial charge in [-0.1, -0.05) is 23.8 Å². The van der Waals surface area contributed by atoms with Gasteiger partial charge in [-0.15, -0.1) is 12.4 Å². The third-order valence-corrected chi connectivity index (χ3v) is 4.76. The molecule has 0 saturated carbocycles. The molecule has 1 N–H and O–H groups in total. The summed E-state index contributed by atoms with van der Waals surface area (Å²) in [6.07, 6.45) is 1.57. The Morgan fingerprint density at radius 3 is 2.10 bits per heavy atom. The van der Waals surface area contributed by atoms with Gasteiger partial charge in [0.2, 0.25) is 0 Å². The Kier molecular flexibility index (Phi) is 5.36. The number of pyridine rings is 1. The zero-order chi connectivity index (χ0) is 14.9. The molecule has 1 aromatic heterocycles. The van der Waals surface area contributed by atoms with Crippen molar-refractivity contribution in [2.24, 2.45) is 0 Å². The summed E-state index contributed by atoms with van der Waals surface area (Å²) in [5.74, 6) is 0.367. The fourth-order valence-electron chi connectivity index (χ4n) is 2.36. The van der Waals surface area contributed by atoms with Crippen LogP contribution in [0.1, 0.15) is 22.3 Å². The Morgan fingerprint density at radius 1 is 1.00 bits per heavy atom. The number of aromatic nitrogens is 1. The van der Waals surface area contributed by atoms with Gasteiger partial charge in [-0.3, -0.25) is 4.72 Å². The SMILES string of the molecule is Cc1cc(C)c(S(=O)(=O)Nc2ncccc2C)c(C)c1.Cl. The molecule has 0 aliphatic heterocycles. The number of nitrogens with one attached hydrogen (secondary N) is 1. The summed E-state index contributed by atoms with van der Waals surface area (Å²) in [5, 5.41) is 0. The lowest BCUT2D eigenvalue weighted by Crippen LogP contribution is -2.17. The number of halogens is 1. The molecule has 0 bridgehead atoms. The van der Waals surface area contributed by atoms with Gasteiger partial charge in [-0.2, -0.15) is 0 Å². The van der Waals surface area contributed by atoms with Crippen LogP contribution in [-0.2, 0) is 10.0 Å². The van der Waals surface area contributed by atoms with E-state index in [0.29, 0.717) is 10.7 Å². The molecule has 0 aliphatic rings. The Bertz CT molecular complexity index is 735. The Balaban J connectivity index is 0.00000220. The zero-order valence-electron chi connectivity index (χ0n) is 12.5. The first-order valence-corrected chi connectivity index (χ1v) is 7.82. The van der Waals surface area contributed by atoms with Gasteiger partial charge in [0.15, 0.2) is 0 Å². The molecule has 2 rings (SSSR count). The average molecular weight is 327 g/mol. The topological polar surface area (TPSA) is 59.1 Å². The van der Waals surface area contributed by atoms with Crippen LogP contribution in [-0.4, -0.2) is 13.4 Å². The van der Waals surface area contributed by atoms with Crippen molar-refractivity contribution in [1.29, 1.82) is 0 Å². The van der Waals surface area contributed by atoms with Crippen molar-refractivity contribution in [3.8, 4) is 0 Å². The van der Waals surface area contributed by atoms with Gasteiger partial charge in [0.25, 0.3) is 10.0 Å². The molecule has 0 unspecified atom stereocenters. The van der Waals surface area contributed by atoms with Crippen molar-refractivity contribution in [3.05, 3.63) is 52.7 Å². The zero-order valence-corrected chi connectivity index (χ0v) is 14.1. The van der Waals surface area contributed by atoms with Gasteiger partial charge in [0.05, 0.1) is 4.90 Å². The van der Waals surface area contributed by atoms with E-state index in [1.807, 2.05) is 32.0 Å². The molecule has 1 aromatic carbocycles. The van der Waals surface area contributed by atoms with Crippen LogP contribution in [0.2, 0.25) is 0 Å². The molecule has 1 heterocycles. The largest absolute Gasteiger partial charge is 0.263 e. The number of sulfonamides is 1. The molecule has 0 radical (unpaired) electrons. The molecule has 21 heavy (non-hydrogen) atoms. The Morgan fingerprint density at radius 2 is 1.57 bits per heavy atom. The first-order chi connectivity index (χ1) is 9.31. The molecule has 0 spiro atoms. The minimum atomic E-state index is -3.63. The summed E-state index contributed by atoms with van der Waals surface area (Å²) >= 11 is 0. The number of hydrogen-bond acceptors (Lipinski definition) is 3. The predicted molar refractivity (Wildman–Crippen MR) is 87.7 cm³/mol. The van der Waals surface area contributed by atoms with E-state index in [0.717, 1.165) is 22.3 Å². The fraction of sp³-hybridized carbons (Fsp3) is 0.267. The molecule has 0 fully saturated rings. The lowest BCUT2D eigenvalue weighted by Gasteiger charge is -2.14. The van der Waals surface area contributed by atoms with Gasteiger partial charge in [0.1, 0.15) is 5.82 Å². The van der Waals surface area contributed by atoms with Crippen LogP contribution >= 0.6 is 12.4 Å². The molecule has 4 nitrogen and oxygen atoms in total. The van der Waals surface area contributed by atoms with Gasteiger partial charge in [0, 0.05) is 6.20 Å². The predicted octanol–water partition coefficient (Wildman–Crippen LogP) is 3.54. The number of rotatable bonds is 3. The molecule has 0 aliphatic carbocycles. The summed E-state index contributed by atoms with van der Waals surface area (Å²) in [5.41, 5.74) is 3.32. The third-order valence-electron chi connectivity index (χ3n) is 3.11. The monoisotopic (exact) mass is 326 g/mol. The van der Waals surface area contributed by atoms with Crippen molar-refractivity contribution in [3.63, 3.8) is 0 Å². The second-order valence-electron chi connectivity index (χ2n) is 5.00. The van der Waals surface area contributed by atoms with Crippen LogP contribution < -0.4 is 4.72 Å². The Hall–Kier alpha value is -1.59. The van der Waals surface area contributed by atoms with Crippen molar-refractivity contribution in [2.45, 2.75) is 32.6 Å². The number of aryl methyl sites for hydroxylation is 4. The molecule has 6 heteroatoms. The molecule has 0 saturated heterocycles. The average Bonchev–Trinajstić information content (AvgIpc) is 2.30. The number of benzene rings is 1. The van der Waals surface area contributed by atoms with E-state index in [1.165, 1.54) is 0 Å². The van der Waals surface area contributed by atoms with E-state index in [2.05, 4.69) is 9.71 Å².